The van der Waals surface area contributed by atoms with E-state index in [1.807, 2.05) is 0 Å². The summed E-state index contributed by atoms with van der Waals surface area (Å²) in [6.45, 7) is 0. The molecule has 0 radical (unpaired) electrons. The lowest BCUT2D eigenvalue weighted by Crippen LogP contribution is -2.23. The molecular formula is C33H25Cl3N6O6S. The first kappa shape index (κ1) is 34.9. The number of nitrogens with one attached hydrogen (secondary N) is 6. The molecule has 250 valence electrons. The van der Waals surface area contributed by atoms with Crippen molar-refractivity contribution >= 4 is 97.1 Å². The molecule has 0 aliphatic carbocycles. The Kier molecular flexibility index (Phi) is 11.1. The molecule has 0 saturated heterocycles. The zero-order valence-corrected chi connectivity index (χ0v) is 28.0. The molecule has 0 spiro atoms. The quantitative estimate of drug-likeness (QED) is 0.0824. The van der Waals surface area contributed by atoms with Crippen LogP contribution in [0.25, 0.3) is 0 Å². The highest BCUT2D eigenvalue weighted by Gasteiger charge is 2.20. The molecule has 0 bridgehead atoms. The van der Waals surface area contributed by atoms with Crippen LogP contribution in [0.2, 0.25) is 15.1 Å². The van der Waals surface area contributed by atoms with Crippen LogP contribution in [0.4, 0.5) is 48.5 Å². The summed E-state index contributed by atoms with van der Waals surface area (Å²) < 4.78 is 31.7. The molecule has 6 N–H and O–H groups in total. The van der Waals surface area contributed by atoms with Gasteiger partial charge in [-0.2, -0.15) is 8.42 Å². The van der Waals surface area contributed by atoms with Gasteiger partial charge in [-0.05, 0) is 84.9 Å². The Bertz CT molecular complexity index is 2120. The number of hydrogen-bond acceptors (Lipinski definition) is 6. The number of amides is 6. The fraction of sp³-hybridized carbons (Fsp3) is 0. The van der Waals surface area contributed by atoms with Crippen LogP contribution >= 0.6 is 34.8 Å². The normalized spacial score (nSPS) is 10.8. The van der Waals surface area contributed by atoms with Gasteiger partial charge < -0.3 is 36.1 Å². The minimum absolute atomic E-state index is 0.0159. The second kappa shape index (κ2) is 15.6. The van der Waals surface area contributed by atoms with Crippen molar-refractivity contribution in [1.29, 1.82) is 0 Å². The average molecular weight is 740 g/mol. The topological polar surface area (TPSA) is 167 Å². The molecule has 0 aromatic heterocycles. The molecule has 0 heterocycles. The van der Waals surface area contributed by atoms with Crippen molar-refractivity contribution in [3.8, 4) is 5.75 Å². The number of carbonyl (C=O) groups is 3. The van der Waals surface area contributed by atoms with Crippen LogP contribution in [-0.4, -0.2) is 26.5 Å². The number of urea groups is 3. The molecule has 49 heavy (non-hydrogen) atoms. The molecule has 5 aromatic rings. The molecule has 0 atom stereocenters. The van der Waals surface area contributed by atoms with Crippen LogP contribution in [0.5, 0.6) is 5.75 Å². The first-order chi connectivity index (χ1) is 23.4. The highest BCUT2D eigenvalue weighted by atomic mass is 35.5. The number of benzene rings is 5. The van der Waals surface area contributed by atoms with Gasteiger partial charge in [-0.1, -0.05) is 59.1 Å². The lowest BCUT2D eigenvalue weighted by Gasteiger charge is -2.16. The Labute approximate surface area is 295 Å². The Morgan fingerprint density at radius 1 is 0.490 bits per heavy atom. The van der Waals surface area contributed by atoms with Crippen molar-refractivity contribution in [2.45, 2.75) is 4.90 Å². The highest BCUT2D eigenvalue weighted by molar-refractivity contribution is 7.87. The van der Waals surface area contributed by atoms with E-state index in [4.69, 9.17) is 39.0 Å². The van der Waals surface area contributed by atoms with Crippen LogP contribution in [-0.2, 0) is 10.1 Å². The van der Waals surface area contributed by atoms with Crippen molar-refractivity contribution in [2.75, 3.05) is 31.9 Å². The molecular weight excluding hydrogens is 715 g/mol. The van der Waals surface area contributed by atoms with E-state index in [2.05, 4.69) is 31.9 Å². The predicted molar refractivity (Wildman–Crippen MR) is 193 cm³/mol. The summed E-state index contributed by atoms with van der Waals surface area (Å²) in [5.41, 5.74) is 1.54. The Morgan fingerprint density at radius 2 is 0.939 bits per heavy atom. The molecule has 0 aliphatic heterocycles. The average Bonchev–Trinajstić information content (AvgIpc) is 3.05. The predicted octanol–water partition coefficient (Wildman–Crippen LogP) is 9.35. The van der Waals surface area contributed by atoms with Gasteiger partial charge in [-0.3, -0.25) is 0 Å². The van der Waals surface area contributed by atoms with Crippen LogP contribution in [0.15, 0.2) is 120 Å². The van der Waals surface area contributed by atoms with Crippen LogP contribution < -0.4 is 36.1 Å². The van der Waals surface area contributed by atoms with Crippen molar-refractivity contribution in [3.05, 3.63) is 130 Å². The summed E-state index contributed by atoms with van der Waals surface area (Å²) in [5, 5.41) is 16.7. The fourth-order valence-corrected chi connectivity index (χ4v) is 5.59. The minimum atomic E-state index is -4.39. The third kappa shape index (κ3) is 9.78. The van der Waals surface area contributed by atoms with Gasteiger partial charge in [0.25, 0.3) is 0 Å². The molecule has 0 saturated carbocycles. The summed E-state index contributed by atoms with van der Waals surface area (Å²) in [7, 11) is -4.39. The molecule has 0 aliphatic rings. The van der Waals surface area contributed by atoms with Gasteiger partial charge in [-0.15, -0.1) is 0 Å². The Balaban J connectivity index is 1.31. The van der Waals surface area contributed by atoms with E-state index in [1.54, 1.807) is 72.8 Å². The minimum Gasteiger partial charge on any atom is -0.379 e. The highest BCUT2D eigenvalue weighted by Crippen LogP contribution is 2.31. The van der Waals surface area contributed by atoms with Gasteiger partial charge in [-0.25, -0.2) is 14.4 Å². The molecule has 5 rings (SSSR count). The first-order valence-electron chi connectivity index (χ1n) is 14.1. The second-order valence-electron chi connectivity index (χ2n) is 9.97. The molecule has 16 heteroatoms. The van der Waals surface area contributed by atoms with E-state index in [9.17, 15) is 22.8 Å². The standard InChI is InChI=1S/C33H25Cl3N6O6S/c34-20-9-11-21(12-10-20)37-31(43)38-22-13-16-24(17-14-22)49(46,47)48-23-15-18-29(41-32(44)39-27-7-3-1-5-25(27)35)30(19-23)42-33(45)40-28-8-4-2-6-26(28)36/h1-19H,(H2,37,38,43)(H2,39,41,44)(H2,40,42,45). The summed E-state index contributed by atoms with van der Waals surface area (Å²) in [5.74, 6) is -0.186. The Morgan fingerprint density at radius 3 is 1.47 bits per heavy atom. The van der Waals surface area contributed by atoms with E-state index >= 15 is 0 Å². The van der Waals surface area contributed by atoms with E-state index in [-0.39, 0.29) is 27.0 Å². The smallest absolute Gasteiger partial charge is 0.339 e. The van der Waals surface area contributed by atoms with E-state index in [1.165, 1.54) is 42.5 Å². The van der Waals surface area contributed by atoms with Gasteiger partial charge in [0.05, 0.1) is 32.8 Å². The molecule has 0 fully saturated rings. The van der Waals surface area contributed by atoms with Crippen molar-refractivity contribution < 1.29 is 27.0 Å². The lowest BCUT2D eigenvalue weighted by atomic mass is 10.2. The lowest BCUT2D eigenvalue weighted by molar-refractivity contribution is 0.261. The number of hydrogen-bond donors (Lipinski definition) is 6. The molecule has 12 nitrogen and oxygen atoms in total. The summed E-state index contributed by atoms with van der Waals surface area (Å²) in [4.78, 5) is 37.9. The fourth-order valence-electron chi connectivity index (χ4n) is 4.17. The molecule has 6 amide bonds. The van der Waals surface area contributed by atoms with Crippen molar-refractivity contribution in [1.82, 2.24) is 0 Å². The first-order valence-corrected chi connectivity index (χ1v) is 16.7. The summed E-state index contributed by atoms with van der Waals surface area (Å²) in [6.07, 6.45) is 0. The van der Waals surface area contributed by atoms with Gasteiger partial charge in [0.2, 0.25) is 0 Å². The van der Waals surface area contributed by atoms with Gasteiger partial charge >= 0.3 is 28.2 Å². The largest absolute Gasteiger partial charge is 0.379 e. The van der Waals surface area contributed by atoms with Gasteiger partial charge in [0.15, 0.2) is 0 Å². The van der Waals surface area contributed by atoms with Gasteiger partial charge in [0, 0.05) is 22.5 Å². The number of carbonyl (C=O) groups excluding carboxylic acids is 3. The molecule has 0 unspecified atom stereocenters. The van der Waals surface area contributed by atoms with E-state index in [0.717, 1.165) is 0 Å². The zero-order chi connectivity index (χ0) is 35.0. The maximum Gasteiger partial charge on any atom is 0.339 e. The number of rotatable bonds is 9. The SMILES string of the molecule is O=C(Nc1ccc(Cl)cc1)Nc1ccc(S(=O)(=O)Oc2ccc(NC(=O)Nc3ccccc3Cl)c(NC(=O)Nc3ccccc3Cl)c2)cc1. The Hall–Kier alpha value is -5.47. The maximum absolute atomic E-state index is 13.2. The molecule has 5 aromatic carbocycles. The zero-order valence-electron chi connectivity index (χ0n) is 25.0. The van der Waals surface area contributed by atoms with Crippen LogP contribution in [0.1, 0.15) is 0 Å². The summed E-state index contributed by atoms with van der Waals surface area (Å²) in [6, 6.07) is 26.7. The third-order valence-electron chi connectivity index (χ3n) is 6.44. The van der Waals surface area contributed by atoms with Gasteiger partial charge in [0.1, 0.15) is 10.6 Å². The van der Waals surface area contributed by atoms with Crippen molar-refractivity contribution in [2.24, 2.45) is 0 Å². The van der Waals surface area contributed by atoms with E-state index in [0.29, 0.717) is 32.8 Å². The van der Waals surface area contributed by atoms with Crippen molar-refractivity contribution in [3.63, 3.8) is 0 Å². The number of para-hydroxylation sites is 2. The number of halogens is 3. The maximum atomic E-state index is 13.2. The third-order valence-corrected chi connectivity index (χ3v) is 8.61. The summed E-state index contributed by atoms with van der Waals surface area (Å²) >= 11 is 18.2. The number of anilines is 6. The monoisotopic (exact) mass is 738 g/mol. The second-order valence-corrected chi connectivity index (χ2v) is 12.8. The van der Waals surface area contributed by atoms with Crippen LogP contribution in [0.3, 0.4) is 0 Å². The van der Waals surface area contributed by atoms with Crippen LogP contribution in [0, 0.1) is 0 Å². The van der Waals surface area contributed by atoms with E-state index < -0.39 is 28.2 Å².